The predicted molar refractivity (Wildman–Crippen MR) is 567 cm³/mol. The fourth-order valence-corrected chi connectivity index (χ4v) is 22.6. The van der Waals surface area contributed by atoms with Gasteiger partial charge in [0.2, 0.25) is 0 Å². The first-order valence-electron chi connectivity index (χ1n) is 47.6. The molecule has 0 saturated carbocycles. The monoisotopic (exact) mass is 1730 g/mol. The van der Waals surface area contributed by atoms with E-state index in [0.717, 1.165) is 29.2 Å². The van der Waals surface area contributed by atoms with Gasteiger partial charge in [-0.1, -0.05) is 440 Å². The molecule has 0 amide bonds. The maximum Gasteiger partial charge on any atom is 0.0465 e. The van der Waals surface area contributed by atoms with E-state index >= 15 is 0 Å². The maximum absolute atomic E-state index is 2.49. The number of hydrogen-bond acceptors (Lipinski definition) is 2. The average molecular weight is 1730 g/mol. The van der Waals surface area contributed by atoms with Crippen LogP contribution in [0.5, 0.6) is 0 Å². The van der Waals surface area contributed by atoms with Gasteiger partial charge in [0.05, 0.1) is 0 Å². The van der Waals surface area contributed by atoms with E-state index in [0.29, 0.717) is 0 Å². The van der Waals surface area contributed by atoms with Crippen molar-refractivity contribution in [1.82, 2.24) is 0 Å². The minimum Gasteiger partial charge on any atom is -0.310 e. The van der Waals surface area contributed by atoms with E-state index < -0.39 is 0 Å². The summed E-state index contributed by atoms with van der Waals surface area (Å²) in [4.78, 5) is 4.72. The highest BCUT2D eigenvalue weighted by atomic mass is 15.1. The van der Waals surface area contributed by atoms with Crippen molar-refractivity contribution in [3.63, 3.8) is 0 Å². The Morgan fingerprint density at radius 3 is 1.09 bits per heavy atom. The third-order valence-electron chi connectivity index (χ3n) is 29.1. The Balaban J connectivity index is 0.000000114. The van der Waals surface area contributed by atoms with E-state index in [2.05, 4.69) is 547 Å². The zero-order chi connectivity index (χ0) is 90.5. The summed E-state index contributed by atoms with van der Waals surface area (Å²) in [5, 5.41) is 5.15. The van der Waals surface area contributed by atoms with Crippen LogP contribution >= 0.6 is 0 Å². The molecule has 0 aromatic heterocycles. The summed E-state index contributed by atoms with van der Waals surface area (Å²) in [5.41, 5.74) is 44.7. The molecule has 0 heterocycles. The maximum atomic E-state index is 2.49. The van der Waals surface area contributed by atoms with E-state index in [1.165, 1.54) is 189 Å². The summed E-state index contributed by atoms with van der Waals surface area (Å²) in [6.45, 7) is 9.49. The van der Waals surface area contributed by atoms with Crippen LogP contribution in [0.25, 0.3) is 77.2 Å². The van der Waals surface area contributed by atoms with Crippen molar-refractivity contribution in [2.75, 3.05) is 9.80 Å². The van der Waals surface area contributed by atoms with Crippen LogP contribution in [0.2, 0.25) is 0 Å². The number of hydrogen-bond donors (Lipinski definition) is 0. The van der Waals surface area contributed by atoms with Gasteiger partial charge in [-0.2, -0.15) is 0 Å². The predicted octanol–water partition coefficient (Wildman–Crippen LogP) is 34.9. The Morgan fingerprint density at radius 2 is 0.563 bits per heavy atom. The van der Waals surface area contributed by atoms with Crippen LogP contribution < -0.4 is 9.80 Å². The number of benzene rings is 21. The molecule has 0 saturated heterocycles. The number of rotatable bonds is 17. The zero-order valence-corrected chi connectivity index (χ0v) is 76.4. The minimum atomic E-state index is -0.130. The Morgan fingerprint density at radius 1 is 0.207 bits per heavy atom. The lowest BCUT2D eigenvalue weighted by Crippen LogP contribution is -2.16. The first kappa shape index (κ1) is 83.1. The fraction of sp³-hybridized carbons (Fsp3) is 0.0827. The highest BCUT2D eigenvalue weighted by Crippen LogP contribution is 2.57. The molecule has 2 heteroatoms. The van der Waals surface area contributed by atoms with Crippen molar-refractivity contribution in [1.29, 1.82) is 0 Å². The van der Waals surface area contributed by atoms with Gasteiger partial charge in [0.1, 0.15) is 0 Å². The number of para-hydroxylation sites is 4. The van der Waals surface area contributed by atoms with Crippen molar-refractivity contribution in [3.05, 3.63) is 610 Å². The molecule has 4 aliphatic carbocycles. The topological polar surface area (TPSA) is 6.48 Å². The van der Waals surface area contributed by atoms with Crippen LogP contribution in [0.3, 0.4) is 0 Å². The van der Waals surface area contributed by atoms with Crippen molar-refractivity contribution >= 4 is 55.7 Å². The Hall–Kier alpha value is -16.3. The summed E-state index contributed by atoms with van der Waals surface area (Å²) < 4.78 is 0. The molecule has 4 aliphatic rings. The molecular weight excluding hydrogens is 1630 g/mol. The molecular formula is C133H102N2. The van der Waals surface area contributed by atoms with Crippen molar-refractivity contribution in [2.24, 2.45) is 0 Å². The molecule has 21 aromatic rings. The number of anilines is 6. The SMILES string of the molecule is CC1(C)c2cc(N(c3ccccc3)c3ccccc3)ccc2-c2cc3c(cc21)-c1ccc(N(c2ccccc2)c2ccccc2)cc1C3.CC1(C)c2ccccc2-c2cc(C(c3ccccc3)c3ccc4c(c3)-c3ccccc3C4c3ccccc3)ccc21.c1ccc(C(c2ccc(-c3ccc(C(c4ccccc4)c4cccc5ccccc45)cc3)cc2)c2cccc3ccccc23)cc1. The van der Waals surface area contributed by atoms with Crippen molar-refractivity contribution < 1.29 is 0 Å². The quantitative estimate of drug-likeness (QED) is 0.0839. The van der Waals surface area contributed by atoms with Crippen LogP contribution in [0.4, 0.5) is 34.1 Å². The first-order chi connectivity index (χ1) is 66.5. The summed E-state index contributed by atoms with van der Waals surface area (Å²) in [6.07, 6.45) is 0.937. The Kier molecular flexibility index (Phi) is 21.8. The molecule has 25 rings (SSSR count). The smallest absolute Gasteiger partial charge is 0.0465 e. The summed E-state index contributed by atoms with van der Waals surface area (Å²) in [5.74, 6) is 0.711. The lowest BCUT2D eigenvalue weighted by molar-refractivity contribution is 0.660. The van der Waals surface area contributed by atoms with Gasteiger partial charge >= 0.3 is 0 Å². The molecule has 4 atom stereocenters. The Bertz CT molecular complexity index is 7650. The summed E-state index contributed by atoms with van der Waals surface area (Å²) >= 11 is 0. The third kappa shape index (κ3) is 15.4. The average Bonchev–Trinajstić information content (AvgIpc) is 1.56. The van der Waals surface area contributed by atoms with Crippen molar-refractivity contribution in [3.8, 4) is 55.6 Å². The lowest BCUT2D eigenvalue weighted by Gasteiger charge is -2.28. The fourth-order valence-electron chi connectivity index (χ4n) is 22.6. The lowest BCUT2D eigenvalue weighted by atomic mass is 9.80. The molecule has 135 heavy (non-hydrogen) atoms. The second kappa shape index (κ2) is 35.5. The van der Waals surface area contributed by atoms with Gasteiger partial charge in [0.25, 0.3) is 0 Å². The molecule has 4 unspecified atom stereocenters. The molecule has 0 aliphatic heterocycles. The molecule has 0 N–H and O–H groups in total. The van der Waals surface area contributed by atoms with Crippen LogP contribution in [0.1, 0.15) is 152 Å². The van der Waals surface area contributed by atoms with E-state index in [-0.39, 0.29) is 34.5 Å². The summed E-state index contributed by atoms with van der Waals surface area (Å²) in [7, 11) is 0. The normalized spacial score (nSPS) is 14.0. The van der Waals surface area contributed by atoms with E-state index in [9.17, 15) is 0 Å². The Labute approximate surface area is 793 Å². The molecule has 2 nitrogen and oxygen atoms in total. The van der Waals surface area contributed by atoms with Crippen molar-refractivity contribution in [2.45, 2.75) is 68.6 Å². The van der Waals surface area contributed by atoms with Crippen LogP contribution in [-0.4, -0.2) is 0 Å². The van der Waals surface area contributed by atoms with Gasteiger partial charge in [-0.25, -0.2) is 0 Å². The first-order valence-corrected chi connectivity index (χ1v) is 47.6. The van der Waals surface area contributed by atoms with E-state index in [4.69, 9.17) is 0 Å². The van der Waals surface area contributed by atoms with E-state index in [1.54, 1.807) is 0 Å². The largest absolute Gasteiger partial charge is 0.310 e. The summed E-state index contributed by atoms with van der Waals surface area (Å²) in [6, 6.07) is 187. The standard InChI is InChI=1S/C46H36N2.C46H34.C41H32/c1-46(2)44-30-39(48(36-19-11-5-12-20-36)37-21-13-6-14-22-37)24-26-41(44)43-29-33-27-32-28-38(23-25-40(32)42(33)31-45(43)46)47(34-15-7-3-8-16-34)35-17-9-4-10-18-35;1-3-15-37(16-4-1)45(43-23-11-19-35-13-7-9-21-41(35)43)39-29-25-33(26-30-39)34-27-31-40(32-28-34)46(38-17-5-2-6-18-38)44-24-12-20-36-14-8-10-22-42(36)44;1-41(2)37-20-12-11-18-32(37)36-26-30(22-24-38(36)41)39(27-13-5-3-6-14-27)29-21-23-34-35(25-29)31-17-9-10-19-33(31)40(34)28-15-7-4-8-16-28/h3-26,28-31H,27H2,1-2H3;1-32,45-46H;3-26,39-40H,1-2H3. The van der Waals surface area contributed by atoms with E-state index in [1.807, 2.05) is 0 Å². The van der Waals surface area contributed by atoms with Gasteiger partial charge in [-0.15, -0.1) is 0 Å². The number of fused-ring (bicyclic) bond motifs is 14. The second-order valence-electron chi connectivity index (χ2n) is 37.6. The highest BCUT2D eigenvalue weighted by molar-refractivity contribution is 5.94. The zero-order valence-electron chi connectivity index (χ0n) is 76.4. The van der Waals surface area contributed by atoms with Gasteiger partial charge in [0, 0.05) is 68.6 Å². The molecule has 0 bridgehead atoms. The second-order valence-corrected chi connectivity index (χ2v) is 37.6. The highest BCUT2D eigenvalue weighted by Gasteiger charge is 2.40. The van der Waals surface area contributed by atoms with Gasteiger partial charge in [0.15, 0.2) is 0 Å². The molecule has 21 aromatic carbocycles. The van der Waals surface area contributed by atoms with Gasteiger partial charge in [-0.3, -0.25) is 0 Å². The molecule has 0 radical (unpaired) electrons. The van der Waals surface area contributed by atoms with Gasteiger partial charge < -0.3 is 9.80 Å². The minimum absolute atomic E-state index is 0.0103. The molecule has 0 fully saturated rings. The van der Waals surface area contributed by atoms with Crippen LogP contribution in [-0.2, 0) is 17.3 Å². The number of nitrogens with zero attached hydrogens (tertiary/aromatic N) is 2. The van der Waals surface area contributed by atoms with Crippen LogP contribution in [0, 0.1) is 0 Å². The van der Waals surface area contributed by atoms with Crippen LogP contribution in [0.15, 0.2) is 510 Å². The molecule has 644 valence electrons. The third-order valence-corrected chi connectivity index (χ3v) is 29.1. The molecule has 0 spiro atoms. The van der Waals surface area contributed by atoms with Gasteiger partial charge in [-0.05, 0) is 281 Å².